The molecular formula is C23H16Cl2N2O. The summed E-state index contributed by atoms with van der Waals surface area (Å²) in [7, 11) is 0. The maximum Gasteiger partial charge on any atom is 0.138 e. The first-order valence-corrected chi connectivity index (χ1v) is 9.69. The van der Waals surface area contributed by atoms with E-state index in [4.69, 9.17) is 23.2 Å². The molecule has 2 heterocycles. The van der Waals surface area contributed by atoms with Gasteiger partial charge in [0.2, 0.25) is 0 Å². The number of hydrogen-bond acceptors (Lipinski definition) is 1. The molecule has 0 saturated carbocycles. The number of para-hydroxylation sites is 2. The van der Waals surface area contributed by atoms with Crippen molar-refractivity contribution in [1.29, 1.82) is 0 Å². The third kappa shape index (κ3) is 2.67. The Bertz CT molecular complexity index is 1240. The molecule has 3 N–H and O–H groups in total. The standard InChI is InChI=1S/C23H16Cl2N2O/c24-13-9-16(23(28)19(25)10-13)22(17-11-26-20-7-3-1-5-14(17)20)18-12-27-21-8-4-2-6-15(18)21/h1-12,22,26-28H. The fourth-order valence-electron chi connectivity index (χ4n) is 3.97. The number of H-pyrrole nitrogens is 2. The fourth-order valence-corrected chi connectivity index (χ4v) is 4.48. The van der Waals surface area contributed by atoms with Crippen molar-refractivity contribution in [3.05, 3.63) is 99.8 Å². The SMILES string of the molecule is Oc1c(Cl)cc(Cl)cc1C(c1c[nH]c2ccccc12)c1c[nH]c2ccccc12. The molecule has 0 aliphatic heterocycles. The highest BCUT2D eigenvalue weighted by molar-refractivity contribution is 6.35. The normalized spacial score (nSPS) is 11.7. The van der Waals surface area contributed by atoms with Crippen LogP contribution in [0.15, 0.2) is 73.1 Å². The van der Waals surface area contributed by atoms with Gasteiger partial charge < -0.3 is 15.1 Å². The third-order valence-corrected chi connectivity index (χ3v) is 5.74. The molecule has 0 saturated heterocycles. The molecule has 3 aromatic carbocycles. The summed E-state index contributed by atoms with van der Waals surface area (Å²) in [6.07, 6.45) is 3.98. The second-order valence-electron chi connectivity index (χ2n) is 6.84. The highest BCUT2D eigenvalue weighted by atomic mass is 35.5. The second-order valence-corrected chi connectivity index (χ2v) is 7.68. The van der Waals surface area contributed by atoms with E-state index in [2.05, 4.69) is 22.1 Å². The van der Waals surface area contributed by atoms with Crippen LogP contribution in [0.3, 0.4) is 0 Å². The quantitative estimate of drug-likeness (QED) is 0.301. The zero-order valence-corrected chi connectivity index (χ0v) is 16.2. The van der Waals surface area contributed by atoms with Crippen LogP contribution in [0.25, 0.3) is 21.8 Å². The number of hydrogen-bond donors (Lipinski definition) is 3. The lowest BCUT2D eigenvalue weighted by Gasteiger charge is -2.19. The third-order valence-electron chi connectivity index (χ3n) is 5.23. The molecule has 0 aliphatic rings. The Morgan fingerprint density at radius 1 is 0.714 bits per heavy atom. The van der Waals surface area contributed by atoms with Crippen molar-refractivity contribution in [3.63, 3.8) is 0 Å². The molecule has 0 bridgehead atoms. The average molecular weight is 407 g/mol. The minimum atomic E-state index is -0.247. The number of fused-ring (bicyclic) bond motifs is 2. The van der Waals surface area contributed by atoms with Gasteiger partial charge in [-0.25, -0.2) is 0 Å². The summed E-state index contributed by atoms with van der Waals surface area (Å²) in [5.74, 6) is -0.199. The van der Waals surface area contributed by atoms with Gasteiger partial charge in [-0.2, -0.15) is 0 Å². The summed E-state index contributed by atoms with van der Waals surface area (Å²) < 4.78 is 0. The van der Waals surface area contributed by atoms with E-state index < -0.39 is 0 Å². The number of aromatic nitrogens is 2. The Kier molecular flexibility index (Phi) is 4.08. The molecule has 0 aliphatic carbocycles. The Hall–Kier alpha value is -2.88. The minimum absolute atomic E-state index is 0.0478. The van der Waals surface area contributed by atoms with Crippen LogP contribution in [0.4, 0.5) is 0 Å². The summed E-state index contributed by atoms with van der Waals surface area (Å²) in [6, 6.07) is 19.6. The zero-order chi connectivity index (χ0) is 19.3. The van der Waals surface area contributed by atoms with E-state index in [9.17, 15) is 5.11 Å². The molecule has 0 spiro atoms. The van der Waals surface area contributed by atoms with E-state index >= 15 is 0 Å². The molecule has 0 unspecified atom stereocenters. The van der Waals surface area contributed by atoms with Gasteiger partial charge in [0, 0.05) is 50.7 Å². The van der Waals surface area contributed by atoms with Crippen molar-refractivity contribution >= 4 is 45.0 Å². The van der Waals surface area contributed by atoms with E-state index in [0.29, 0.717) is 10.6 Å². The van der Waals surface area contributed by atoms with Crippen LogP contribution in [0.2, 0.25) is 10.0 Å². The molecule has 5 aromatic rings. The molecule has 28 heavy (non-hydrogen) atoms. The molecule has 0 fully saturated rings. The lowest BCUT2D eigenvalue weighted by atomic mass is 9.84. The second kappa shape index (κ2) is 6.62. The van der Waals surface area contributed by atoms with Crippen LogP contribution in [-0.2, 0) is 0 Å². The Labute approximate surface area is 171 Å². The molecule has 5 rings (SSSR count). The van der Waals surface area contributed by atoms with Gasteiger partial charge >= 0.3 is 0 Å². The largest absolute Gasteiger partial charge is 0.506 e. The predicted molar refractivity (Wildman–Crippen MR) is 116 cm³/mol. The number of aromatic amines is 2. The van der Waals surface area contributed by atoms with Crippen LogP contribution in [0, 0.1) is 0 Å². The van der Waals surface area contributed by atoms with Crippen molar-refractivity contribution in [1.82, 2.24) is 9.97 Å². The van der Waals surface area contributed by atoms with Crippen molar-refractivity contribution in [2.45, 2.75) is 5.92 Å². The molecule has 0 radical (unpaired) electrons. The van der Waals surface area contributed by atoms with Gasteiger partial charge in [0.15, 0.2) is 0 Å². The molecule has 138 valence electrons. The first kappa shape index (κ1) is 17.2. The van der Waals surface area contributed by atoms with E-state index in [1.165, 1.54) is 0 Å². The lowest BCUT2D eigenvalue weighted by molar-refractivity contribution is 0.467. The number of halogens is 2. The van der Waals surface area contributed by atoms with Crippen LogP contribution < -0.4 is 0 Å². The van der Waals surface area contributed by atoms with E-state index in [-0.39, 0.29) is 16.7 Å². The summed E-state index contributed by atoms with van der Waals surface area (Å²) in [5, 5.41) is 13.7. The Morgan fingerprint density at radius 3 is 1.82 bits per heavy atom. The molecular weight excluding hydrogens is 391 g/mol. The summed E-state index contributed by atoms with van der Waals surface area (Å²) >= 11 is 12.6. The molecule has 0 atom stereocenters. The Morgan fingerprint density at radius 2 is 1.25 bits per heavy atom. The number of aromatic hydroxyl groups is 1. The van der Waals surface area contributed by atoms with Gasteiger partial charge in [-0.05, 0) is 35.4 Å². The topological polar surface area (TPSA) is 51.8 Å². The van der Waals surface area contributed by atoms with Gasteiger partial charge in [0.05, 0.1) is 5.02 Å². The van der Waals surface area contributed by atoms with Gasteiger partial charge in [-0.15, -0.1) is 0 Å². The molecule has 2 aromatic heterocycles. The van der Waals surface area contributed by atoms with Gasteiger partial charge in [0.25, 0.3) is 0 Å². The van der Waals surface area contributed by atoms with Crippen LogP contribution >= 0.6 is 23.2 Å². The summed E-state index contributed by atoms with van der Waals surface area (Å²) in [5.41, 5.74) is 4.85. The maximum absolute atomic E-state index is 10.8. The highest BCUT2D eigenvalue weighted by Gasteiger charge is 2.26. The number of nitrogens with one attached hydrogen (secondary N) is 2. The number of rotatable bonds is 3. The van der Waals surface area contributed by atoms with Gasteiger partial charge in [-0.3, -0.25) is 0 Å². The predicted octanol–water partition coefficient (Wildman–Crippen LogP) is 6.84. The van der Waals surface area contributed by atoms with Crippen LogP contribution in [0.5, 0.6) is 5.75 Å². The minimum Gasteiger partial charge on any atom is -0.506 e. The van der Waals surface area contributed by atoms with E-state index in [1.54, 1.807) is 12.1 Å². The smallest absolute Gasteiger partial charge is 0.138 e. The first-order chi connectivity index (χ1) is 13.6. The summed E-state index contributed by atoms with van der Waals surface area (Å²) in [6.45, 7) is 0. The first-order valence-electron chi connectivity index (χ1n) is 8.93. The number of phenolic OH excluding ortho intramolecular Hbond substituents is 1. The van der Waals surface area contributed by atoms with Crippen LogP contribution in [-0.4, -0.2) is 15.1 Å². The van der Waals surface area contributed by atoms with E-state index in [1.807, 2.05) is 48.8 Å². The monoisotopic (exact) mass is 406 g/mol. The molecule has 0 amide bonds. The van der Waals surface area contributed by atoms with E-state index in [0.717, 1.165) is 32.9 Å². The van der Waals surface area contributed by atoms with Crippen molar-refractivity contribution in [2.75, 3.05) is 0 Å². The van der Waals surface area contributed by atoms with Crippen molar-refractivity contribution in [3.8, 4) is 5.75 Å². The van der Waals surface area contributed by atoms with Gasteiger partial charge in [0.1, 0.15) is 5.75 Å². The molecule has 3 nitrogen and oxygen atoms in total. The highest BCUT2D eigenvalue weighted by Crippen LogP contribution is 2.45. The van der Waals surface area contributed by atoms with Crippen LogP contribution in [0.1, 0.15) is 22.6 Å². The van der Waals surface area contributed by atoms with Gasteiger partial charge in [-0.1, -0.05) is 59.6 Å². The maximum atomic E-state index is 10.8. The number of phenols is 1. The van der Waals surface area contributed by atoms with Crippen molar-refractivity contribution < 1.29 is 5.11 Å². The lowest BCUT2D eigenvalue weighted by Crippen LogP contribution is -2.03. The average Bonchev–Trinajstić information content (AvgIpc) is 3.31. The molecule has 5 heteroatoms. The number of benzene rings is 3. The van der Waals surface area contributed by atoms with Crippen molar-refractivity contribution in [2.24, 2.45) is 0 Å². The summed E-state index contributed by atoms with van der Waals surface area (Å²) in [4.78, 5) is 6.68. The Balaban J connectivity index is 1.86. The zero-order valence-electron chi connectivity index (χ0n) is 14.7. The fraction of sp³-hybridized carbons (Fsp3) is 0.0435.